The van der Waals surface area contributed by atoms with Crippen molar-refractivity contribution in [2.75, 3.05) is 13.1 Å². The first kappa shape index (κ1) is 17.8. The van der Waals surface area contributed by atoms with Gasteiger partial charge in [0, 0.05) is 31.2 Å². The minimum Gasteiger partial charge on any atom is -0.342 e. The lowest BCUT2D eigenvalue weighted by molar-refractivity contribution is 0.0704. The molecule has 1 saturated heterocycles. The molecule has 1 aromatic carbocycles. The van der Waals surface area contributed by atoms with Crippen LogP contribution in [-0.2, 0) is 6.54 Å². The van der Waals surface area contributed by atoms with Crippen LogP contribution < -0.4 is 0 Å². The number of nitrogens with zero attached hydrogens (tertiary/aromatic N) is 4. The summed E-state index contributed by atoms with van der Waals surface area (Å²) < 4.78 is 1.93. The highest BCUT2D eigenvalue weighted by Gasteiger charge is 2.29. The van der Waals surface area contributed by atoms with Gasteiger partial charge < -0.3 is 9.88 Å². The molecule has 2 aromatic heterocycles. The van der Waals surface area contributed by atoms with Crippen LogP contribution in [0.3, 0.4) is 0 Å². The Balaban J connectivity index is 1.55. The zero-order valence-electron chi connectivity index (χ0n) is 16.3. The number of H-pyrrole nitrogens is 1. The minimum absolute atomic E-state index is 0.0897. The molecule has 142 valence electrons. The molecule has 1 fully saturated rings. The zero-order valence-corrected chi connectivity index (χ0v) is 16.3. The number of hydrogen-bond donors (Lipinski definition) is 1. The molecule has 0 spiro atoms. The quantitative estimate of drug-likeness (QED) is 0.764. The number of benzene rings is 1. The van der Waals surface area contributed by atoms with E-state index in [1.807, 2.05) is 22.6 Å². The smallest absolute Gasteiger partial charge is 0.257 e. The summed E-state index contributed by atoms with van der Waals surface area (Å²) in [6.07, 6.45) is 4.78. The maximum atomic E-state index is 13.1. The van der Waals surface area contributed by atoms with Crippen molar-refractivity contribution in [1.82, 2.24) is 24.6 Å². The fourth-order valence-corrected chi connectivity index (χ4v) is 4.04. The Hall–Kier alpha value is -2.63. The van der Waals surface area contributed by atoms with Gasteiger partial charge in [-0.25, -0.2) is 4.98 Å². The Morgan fingerprint density at radius 1 is 1.33 bits per heavy atom. The van der Waals surface area contributed by atoms with Gasteiger partial charge in [0.15, 0.2) is 0 Å². The molecule has 1 aliphatic rings. The highest BCUT2D eigenvalue weighted by molar-refractivity contribution is 5.95. The molecule has 0 radical (unpaired) electrons. The van der Waals surface area contributed by atoms with Crippen LogP contribution in [0.25, 0.3) is 11.0 Å². The normalized spacial score (nSPS) is 17.6. The van der Waals surface area contributed by atoms with Gasteiger partial charge in [-0.1, -0.05) is 19.1 Å². The maximum Gasteiger partial charge on any atom is 0.257 e. The van der Waals surface area contributed by atoms with Crippen LogP contribution in [0.4, 0.5) is 0 Å². The Morgan fingerprint density at radius 3 is 2.96 bits per heavy atom. The van der Waals surface area contributed by atoms with Gasteiger partial charge in [-0.3, -0.25) is 9.48 Å². The number of imidazole rings is 1. The fraction of sp³-hybridized carbons (Fsp3) is 0.476. The molecule has 27 heavy (non-hydrogen) atoms. The van der Waals surface area contributed by atoms with Gasteiger partial charge >= 0.3 is 0 Å². The number of para-hydroxylation sites is 1. The number of aromatic amines is 1. The lowest BCUT2D eigenvalue weighted by Gasteiger charge is -2.31. The molecule has 0 unspecified atom stereocenters. The summed E-state index contributed by atoms with van der Waals surface area (Å²) >= 11 is 0. The third-order valence-electron chi connectivity index (χ3n) is 5.60. The van der Waals surface area contributed by atoms with Gasteiger partial charge in [-0.2, -0.15) is 5.10 Å². The fourth-order valence-electron chi connectivity index (χ4n) is 4.04. The summed E-state index contributed by atoms with van der Waals surface area (Å²) in [5.41, 5.74) is 4.98. The van der Waals surface area contributed by atoms with Gasteiger partial charge in [-0.05, 0) is 44.7 Å². The van der Waals surface area contributed by atoms with Crippen molar-refractivity contribution in [3.8, 4) is 0 Å². The molecule has 6 nitrogen and oxygen atoms in total. The Morgan fingerprint density at radius 2 is 2.19 bits per heavy atom. The van der Waals surface area contributed by atoms with Crippen LogP contribution in [-0.4, -0.2) is 43.6 Å². The number of rotatable bonds is 4. The monoisotopic (exact) mass is 365 g/mol. The highest BCUT2D eigenvalue weighted by atomic mass is 16.2. The number of aryl methyl sites for hydroxylation is 2. The number of carbonyl (C=O) groups excluding carboxylic acids is 1. The summed E-state index contributed by atoms with van der Waals surface area (Å²) in [6, 6.07) is 6.20. The molecule has 3 aromatic rings. The Labute approximate surface area is 159 Å². The van der Waals surface area contributed by atoms with E-state index in [0.717, 1.165) is 60.5 Å². The molecule has 0 saturated carbocycles. The molecule has 1 N–H and O–H groups in total. The largest absolute Gasteiger partial charge is 0.342 e. The van der Waals surface area contributed by atoms with Crippen LogP contribution in [0.15, 0.2) is 24.4 Å². The second-order valence-electron chi connectivity index (χ2n) is 7.55. The molecule has 1 amide bonds. The molecular formula is C21H27N5O. The van der Waals surface area contributed by atoms with Crippen molar-refractivity contribution < 1.29 is 4.79 Å². The lowest BCUT2D eigenvalue weighted by atomic mass is 9.96. The van der Waals surface area contributed by atoms with Crippen molar-refractivity contribution >= 4 is 16.9 Å². The average Bonchev–Trinajstić information content (AvgIpc) is 3.27. The first-order chi connectivity index (χ1) is 13.1. The van der Waals surface area contributed by atoms with E-state index in [-0.39, 0.29) is 11.8 Å². The van der Waals surface area contributed by atoms with E-state index in [1.54, 1.807) is 6.20 Å². The second-order valence-corrected chi connectivity index (χ2v) is 7.55. The molecular weight excluding hydrogens is 338 g/mol. The molecule has 3 heterocycles. The van der Waals surface area contributed by atoms with Gasteiger partial charge in [0.05, 0.1) is 22.8 Å². The number of nitrogens with one attached hydrogen (secondary N) is 1. The predicted octanol–water partition coefficient (Wildman–Crippen LogP) is 3.81. The molecule has 0 aliphatic carbocycles. The second kappa shape index (κ2) is 7.18. The standard InChI is InChI=1S/C21H27N5O/c1-4-10-26-15(3)17(12-22-26)21(27)25-11-6-8-16(13-25)20-23-18-9-5-7-14(2)19(18)24-20/h5,7,9,12,16H,4,6,8,10-11,13H2,1-3H3,(H,23,24)/t16-/m0/s1. The summed E-state index contributed by atoms with van der Waals surface area (Å²) in [6.45, 7) is 8.54. The van der Waals surface area contributed by atoms with Crippen molar-refractivity contribution in [2.24, 2.45) is 0 Å². The average molecular weight is 365 g/mol. The minimum atomic E-state index is 0.0897. The van der Waals surface area contributed by atoms with Gasteiger partial charge in [0.2, 0.25) is 0 Å². The SMILES string of the molecule is CCCn1ncc(C(=O)N2CCC[C@H](c3nc4c(C)cccc4[nH]3)C2)c1C. The van der Waals surface area contributed by atoms with Gasteiger partial charge in [0.25, 0.3) is 5.91 Å². The Bertz CT molecular complexity index is 970. The number of fused-ring (bicyclic) bond motifs is 1. The first-order valence-electron chi connectivity index (χ1n) is 9.85. The molecule has 4 rings (SSSR count). The van der Waals surface area contributed by atoms with Crippen LogP contribution in [0.5, 0.6) is 0 Å². The number of piperidine rings is 1. The van der Waals surface area contributed by atoms with E-state index >= 15 is 0 Å². The van der Waals surface area contributed by atoms with E-state index in [0.29, 0.717) is 6.54 Å². The number of aromatic nitrogens is 4. The number of carbonyl (C=O) groups is 1. The summed E-state index contributed by atoms with van der Waals surface area (Å²) in [4.78, 5) is 23.4. The molecule has 1 aliphatic heterocycles. The lowest BCUT2D eigenvalue weighted by Crippen LogP contribution is -2.39. The van der Waals surface area contributed by atoms with Crippen molar-refractivity contribution in [2.45, 2.75) is 52.5 Å². The summed E-state index contributed by atoms with van der Waals surface area (Å²) in [7, 11) is 0. The van der Waals surface area contributed by atoms with Crippen LogP contribution in [0.2, 0.25) is 0 Å². The van der Waals surface area contributed by atoms with Gasteiger partial charge in [-0.15, -0.1) is 0 Å². The van der Waals surface area contributed by atoms with Gasteiger partial charge in [0.1, 0.15) is 5.82 Å². The third kappa shape index (κ3) is 3.24. The number of amides is 1. The number of likely N-dealkylation sites (tertiary alicyclic amines) is 1. The first-order valence-corrected chi connectivity index (χ1v) is 9.85. The topological polar surface area (TPSA) is 66.8 Å². The van der Waals surface area contributed by atoms with E-state index in [4.69, 9.17) is 4.98 Å². The van der Waals surface area contributed by atoms with E-state index < -0.39 is 0 Å². The molecule has 0 bridgehead atoms. The predicted molar refractivity (Wildman–Crippen MR) is 106 cm³/mol. The number of hydrogen-bond acceptors (Lipinski definition) is 3. The van der Waals surface area contributed by atoms with Crippen LogP contribution >= 0.6 is 0 Å². The van der Waals surface area contributed by atoms with E-state index in [9.17, 15) is 4.79 Å². The van der Waals surface area contributed by atoms with Crippen molar-refractivity contribution in [3.63, 3.8) is 0 Å². The van der Waals surface area contributed by atoms with Crippen LogP contribution in [0, 0.1) is 13.8 Å². The molecule has 1 atom stereocenters. The van der Waals surface area contributed by atoms with E-state index in [1.165, 1.54) is 5.56 Å². The Kier molecular flexibility index (Phi) is 4.72. The summed E-state index contributed by atoms with van der Waals surface area (Å²) in [5, 5.41) is 4.39. The van der Waals surface area contributed by atoms with E-state index in [2.05, 4.69) is 36.1 Å². The maximum absolute atomic E-state index is 13.1. The highest BCUT2D eigenvalue weighted by Crippen LogP contribution is 2.28. The zero-order chi connectivity index (χ0) is 19.0. The summed E-state index contributed by atoms with van der Waals surface area (Å²) in [5.74, 6) is 1.34. The third-order valence-corrected chi connectivity index (χ3v) is 5.60. The van der Waals surface area contributed by atoms with Crippen molar-refractivity contribution in [1.29, 1.82) is 0 Å². The van der Waals surface area contributed by atoms with Crippen molar-refractivity contribution in [3.05, 3.63) is 47.0 Å². The molecule has 6 heteroatoms. The van der Waals surface area contributed by atoms with Crippen LogP contribution in [0.1, 0.15) is 59.5 Å².